The highest BCUT2D eigenvalue weighted by Crippen LogP contribution is 2.67. The van der Waals surface area contributed by atoms with Crippen LogP contribution in [0.4, 0.5) is 0 Å². The van der Waals surface area contributed by atoms with Crippen LogP contribution >= 0.6 is 0 Å². The van der Waals surface area contributed by atoms with Crippen molar-refractivity contribution in [2.75, 3.05) is 7.11 Å². The van der Waals surface area contributed by atoms with Crippen molar-refractivity contribution in [3.8, 4) is 0 Å². The van der Waals surface area contributed by atoms with Crippen LogP contribution in [0.25, 0.3) is 0 Å². The van der Waals surface area contributed by atoms with E-state index < -0.39 is 8.07 Å². The topological polar surface area (TPSA) is 38.8 Å². The molecule has 2 aliphatic carbocycles. The number of esters is 1. The molecule has 1 aliphatic heterocycles. The number of hydrogen-bond donors (Lipinski definition) is 0. The fourth-order valence-corrected chi connectivity index (χ4v) is 7.51. The van der Waals surface area contributed by atoms with E-state index in [1.807, 2.05) is 0 Å². The van der Waals surface area contributed by atoms with E-state index in [9.17, 15) is 4.79 Å². The molecule has 4 heteroatoms. The van der Waals surface area contributed by atoms with Gasteiger partial charge < -0.3 is 9.47 Å². The third-order valence-electron chi connectivity index (χ3n) is 4.73. The maximum Gasteiger partial charge on any atom is 0.309 e. The summed E-state index contributed by atoms with van der Waals surface area (Å²) < 4.78 is 10.6. The summed E-state index contributed by atoms with van der Waals surface area (Å²) >= 11 is 0. The van der Waals surface area contributed by atoms with Crippen LogP contribution in [-0.2, 0) is 14.3 Å². The standard InChI is InChI=1S/C12H20O3Si/c1-14-12(13)6-5-7-9-10(15-9)8(6)11(7)16(2,3)4/h6-11H,5H2,1-4H3. The van der Waals surface area contributed by atoms with Crippen LogP contribution in [0.2, 0.25) is 25.2 Å². The summed E-state index contributed by atoms with van der Waals surface area (Å²) in [6.07, 6.45) is 1.88. The lowest BCUT2D eigenvalue weighted by Crippen LogP contribution is -2.35. The van der Waals surface area contributed by atoms with Gasteiger partial charge in [0.1, 0.15) is 0 Å². The van der Waals surface area contributed by atoms with Crippen molar-refractivity contribution in [3.05, 3.63) is 0 Å². The van der Waals surface area contributed by atoms with E-state index in [-0.39, 0.29) is 11.9 Å². The number of methoxy groups -OCH3 is 1. The van der Waals surface area contributed by atoms with E-state index in [2.05, 4.69) is 19.6 Å². The highest BCUT2D eigenvalue weighted by molar-refractivity contribution is 6.77. The predicted molar refractivity (Wildman–Crippen MR) is 62.9 cm³/mol. The Morgan fingerprint density at radius 2 is 2.00 bits per heavy atom. The Morgan fingerprint density at radius 3 is 2.50 bits per heavy atom. The second-order valence-corrected chi connectivity index (χ2v) is 12.0. The van der Waals surface area contributed by atoms with Gasteiger partial charge in [-0.05, 0) is 17.9 Å². The quantitative estimate of drug-likeness (QED) is 0.420. The van der Waals surface area contributed by atoms with E-state index in [4.69, 9.17) is 9.47 Å². The van der Waals surface area contributed by atoms with Gasteiger partial charge in [0.05, 0.1) is 25.2 Å². The fraction of sp³-hybridized carbons (Fsp3) is 0.917. The Balaban J connectivity index is 1.88. The van der Waals surface area contributed by atoms with Gasteiger partial charge in [0.2, 0.25) is 0 Å². The zero-order valence-electron chi connectivity index (χ0n) is 10.4. The Hall–Kier alpha value is -0.353. The van der Waals surface area contributed by atoms with Crippen LogP contribution < -0.4 is 0 Å². The van der Waals surface area contributed by atoms with E-state index in [1.165, 1.54) is 7.11 Å². The van der Waals surface area contributed by atoms with Crippen LogP contribution in [0.15, 0.2) is 0 Å². The lowest BCUT2D eigenvalue weighted by molar-refractivity contribution is -0.147. The first-order chi connectivity index (χ1) is 7.45. The van der Waals surface area contributed by atoms with Crippen molar-refractivity contribution >= 4 is 14.0 Å². The first-order valence-electron chi connectivity index (χ1n) is 6.18. The normalized spacial score (nSPS) is 49.0. The lowest BCUT2D eigenvalue weighted by atomic mass is 9.89. The minimum absolute atomic E-state index is 0.00954. The number of epoxide rings is 1. The van der Waals surface area contributed by atoms with E-state index in [0.717, 1.165) is 12.0 Å². The Kier molecular flexibility index (Phi) is 2.09. The summed E-state index contributed by atoms with van der Waals surface area (Å²) in [4.78, 5) is 11.8. The van der Waals surface area contributed by atoms with Crippen molar-refractivity contribution in [3.63, 3.8) is 0 Å². The first-order valence-corrected chi connectivity index (χ1v) is 9.76. The van der Waals surface area contributed by atoms with Gasteiger partial charge in [-0.25, -0.2) is 0 Å². The number of carbonyl (C=O) groups excluding carboxylic acids is 1. The van der Waals surface area contributed by atoms with Gasteiger partial charge in [0.15, 0.2) is 0 Å². The van der Waals surface area contributed by atoms with Gasteiger partial charge in [0.25, 0.3) is 0 Å². The molecule has 0 N–H and O–H groups in total. The summed E-state index contributed by atoms with van der Waals surface area (Å²) in [5.41, 5.74) is 0.764. The highest BCUT2D eigenvalue weighted by Gasteiger charge is 2.71. The number of hydrogen-bond acceptors (Lipinski definition) is 3. The lowest BCUT2D eigenvalue weighted by Gasteiger charge is -2.31. The second kappa shape index (κ2) is 3.10. The van der Waals surface area contributed by atoms with Crippen LogP contribution in [0.5, 0.6) is 0 Å². The molecule has 0 amide bonds. The molecule has 90 valence electrons. The molecule has 3 aliphatic rings. The minimum atomic E-state index is -1.19. The van der Waals surface area contributed by atoms with Gasteiger partial charge in [-0.2, -0.15) is 0 Å². The summed E-state index contributed by atoms with van der Waals surface area (Å²) in [5, 5.41) is 0. The molecule has 1 heterocycles. The van der Waals surface area contributed by atoms with Gasteiger partial charge >= 0.3 is 5.97 Å². The van der Waals surface area contributed by atoms with Crippen LogP contribution in [-0.4, -0.2) is 33.4 Å². The molecule has 6 atom stereocenters. The summed E-state index contributed by atoms with van der Waals surface area (Å²) in [6, 6.07) is 0. The van der Waals surface area contributed by atoms with Crippen molar-refractivity contribution in [2.24, 2.45) is 17.8 Å². The van der Waals surface area contributed by atoms with Crippen LogP contribution in [0.1, 0.15) is 6.42 Å². The molecule has 6 unspecified atom stereocenters. The van der Waals surface area contributed by atoms with E-state index in [0.29, 0.717) is 24.0 Å². The maximum atomic E-state index is 11.8. The number of ether oxygens (including phenoxy) is 2. The Morgan fingerprint density at radius 1 is 1.31 bits per heavy atom. The molecule has 3 nitrogen and oxygen atoms in total. The number of carbonyl (C=O) groups is 1. The smallest absolute Gasteiger partial charge is 0.309 e. The highest BCUT2D eigenvalue weighted by atomic mass is 28.3. The molecule has 0 aromatic heterocycles. The van der Waals surface area contributed by atoms with Gasteiger partial charge in [-0.1, -0.05) is 19.6 Å². The van der Waals surface area contributed by atoms with Gasteiger partial charge in [-0.3, -0.25) is 4.79 Å². The van der Waals surface area contributed by atoms with E-state index in [1.54, 1.807) is 0 Å². The zero-order chi connectivity index (χ0) is 11.7. The number of rotatable bonds is 2. The van der Waals surface area contributed by atoms with Gasteiger partial charge in [0, 0.05) is 14.0 Å². The minimum Gasteiger partial charge on any atom is -0.469 e. The predicted octanol–water partition coefficient (Wildman–Crippen LogP) is 1.90. The summed E-state index contributed by atoms with van der Waals surface area (Å²) in [7, 11) is 0.316. The van der Waals surface area contributed by atoms with Crippen molar-refractivity contribution in [2.45, 2.75) is 43.8 Å². The largest absolute Gasteiger partial charge is 0.469 e. The third kappa shape index (κ3) is 1.26. The molecule has 3 fully saturated rings. The molecule has 2 saturated carbocycles. The first kappa shape index (κ1) is 10.8. The molecule has 0 aromatic carbocycles. The summed E-state index contributed by atoms with van der Waals surface area (Å²) in [6.45, 7) is 7.26. The van der Waals surface area contributed by atoms with Crippen LogP contribution in [0, 0.1) is 17.8 Å². The van der Waals surface area contributed by atoms with Crippen molar-refractivity contribution in [1.29, 1.82) is 0 Å². The van der Waals surface area contributed by atoms with Crippen LogP contribution in [0.3, 0.4) is 0 Å². The van der Waals surface area contributed by atoms with Crippen molar-refractivity contribution < 1.29 is 14.3 Å². The molecule has 0 spiro atoms. The zero-order valence-corrected chi connectivity index (χ0v) is 11.4. The Labute approximate surface area is 97.5 Å². The second-order valence-electron chi connectivity index (χ2n) is 6.56. The molecule has 3 rings (SSSR count). The SMILES string of the molecule is COC(=O)C1CC2C3OC3C1C2[Si](C)(C)C. The molecule has 1 saturated heterocycles. The maximum absolute atomic E-state index is 11.8. The molecule has 2 bridgehead atoms. The number of fused-ring (bicyclic) bond motifs is 5. The average molecular weight is 240 g/mol. The molecule has 0 aromatic rings. The Bertz CT molecular complexity index is 336. The monoisotopic (exact) mass is 240 g/mol. The molecule has 16 heavy (non-hydrogen) atoms. The molecular formula is C12H20O3Si. The fourth-order valence-electron chi connectivity index (χ4n) is 4.32. The average Bonchev–Trinajstić information content (AvgIpc) is 2.83. The summed E-state index contributed by atoms with van der Waals surface area (Å²) in [5.74, 6) is 1.22. The molecular weight excluding hydrogens is 220 g/mol. The molecule has 0 radical (unpaired) electrons. The third-order valence-corrected chi connectivity index (χ3v) is 7.55. The van der Waals surface area contributed by atoms with Crippen molar-refractivity contribution in [1.82, 2.24) is 0 Å². The van der Waals surface area contributed by atoms with Gasteiger partial charge in [-0.15, -0.1) is 0 Å². The van der Waals surface area contributed by atoms with E-state index >= 15 is 0 Å².